The van der Waals surface area contributed by atoms with Crippen molar-refractivity contribution in [3.8, 4) is 5.75 Å². The topological polar surface area (TPSA) is 67.8 Å². The summed E-state index contributed by atoms with van der Waals surface area (Å²) in [5.41, 5.74) is 6.66. The van der Waals surface area contributed by atoms with Crippen LogP contribution in [-0.2, 0) is 6.42 Å². The van der Waals surface area contributed by atoms with Crippen molar-refractivity contribution in [2.75, 3.05) is 0 Å². The van der Waals surface area contributed by atoms with Crippen molar-refractivity contribution in [3.63, 3.8) is 0 Å². The SMILES string of the molecule is CCc1ccccc1OC(CC)C(N)=NO. The molecule has 0 saturated heterocycles. The third-order valence-electron chi connectivity index (χ3n) is 2.44. The minimum atomic E-state index is -0.377. The van der Waals surface area contributed by atoms with Crippen LogP contribution in [0.15, 0.2) is 29.4 Å². The summed E-state index contributed by atoms with van der Waals surface area (Å²) in [5.74, 6) is 0.900. The van der Waals surface area contributed by atoms with E-state index in [1.807, 2.05) is 31.2 Å². The van der Waals surface area contributed by atoms with Gasteiger partial charge >= 0.3 is 0 Å². The van der Waals surface area contributed by atoms with Gasteiger partial charge in [0, 0.05) is 0 Å². The summed E-state index contributed by atoms with van der Waals surface area (Å²) >= 11 is 0. The molecular weight excluding hydrogens is 204 g/mol. The molecule has 4 nitrogen and oxygen atoms in total. The molecule has 0 spiro atoms. The van der Waals surface area contributed by atoms with Crippen LogP contribution < -0.4 is 10.5 Å². The zero-order valence-electron chi connectivity index (χ0n) is 9.68. The molecule has 4 heteroatoms. The second kappa shape index (κ2) is 6.00. The Bertz CT molecular complexity index is 364. The third kappa shape index (κ3) is 2.89. The quantitative estimate of drug-likeness (QED) is 0.347. The van der Waals surface area contributed by atoms with Gasteiger partial charge in [0.25, 0.3) is 0 Å². The number of hydrogen-bond acceptors (Lipinski definition) is 3. The Morgan fingerprint density at radius 2 is 2.12 bits per heavy atom. The normalized spacial score (nSPS) is 13.5. The average Bonchev–Trinajstić information content (AvgIpc) is 2.35. The van der Waals surface area contributed by atoms with Crippen LogP contribution >= 0.6 is 0 Å². The van der Waals surface area contributed by atoms with E-state index in [0.29, 0.717) is 6.42 Å². The third-order valence-corrected chi connectivity index (χ3v) is 2.44. The van der Waals surface area contributed by atoms with E-state index in [2.05, 4.69) is 12.1 Å². The van der Waals surface area contributed by atoms with Crippen LogP contribution in [0.25, 0.3) is 0 Å². The lowest BCUT2D eigenvalue weighted by Gasteiger charge is -2.18. The van der Waals surface area contributed by atoms with Gasteiger partial charge in [0.05, 0.1) is 0 Å². The standard InChI is InChI=1S/C12H18N2O2/c1-3-9-7-5-6-8-11(9)16-10(4-2)12(13)14-15/h5-8,10,15H,3-4H2,1-2H3,(H2,13,14). The van der Waals surface area contributed by atoms with Gasteiger partial charge in [-0.25, -0.2) is 0 Å². The van der Waals surface area contributed by atoms with Crippen LogP contribution in [0.2, 0.25) is 0 Å². The number of hydrogen-bond donors (Lipinski definition) is 2. The fourth-order valence-corrected chi connectivity index (χ4v) is 1.48. The predicted molar refractivity (Wildman–Crippen MR) is 63.9 cm³/mol. The van der Waals surface area contributed by atoms with Gasteiger partial charge in [-0.05, 0) is 24.5 Å². The fourth-order valence-electron chi connectivity index (χ4n) is 1.48. The van der Waals surface area contributed by atoms with E-state index in [4.69, 9.17) is 15.7 Å². The maximum absolute atomic E-state index is 8.62. The van der Waals surface area contributed by atoms with Crippen molar-refractivity contribution in [1.82, 2.24) is 0 Å². The number of oxime groups is 1. The first-order chi connectivity index (χ1) is 7.72. The summed E-state index contributed by atoms with van der Waals surface area (Å²) < 4.78 is 5.72. The molecule has 0 aliphatic carbocycles. The Labute approximate surface area is 95.7 Å². The smallest absolute Gasteiger partial charge is 0.180 e. The Morgan fingerprint density at radius 1 is 1.44 bits per heavy atom. The van der Waals surface area contributed by atoms with Crippen molar-refractivity contribution in [3.05, 3.63) is 29.8 Å². The number of ether oxygens (including phenoxy) is 1. The molecule has 0 fully saturated rings. The van der Waals surface area contributed by atoms with Crippen molar-refractivity contribution < 1.29 is 9.94 Å². The van der Waals surface area contributed by atoms with Gasteiger partial charge in [0.2, 0.25) is 0 Å². The van der Waals surface area contributed by atoms with Crippen molar-refractivity contribution >= 4 is 5.84 Å². The Hall–Kier alpha value is -1.71. The van der Waals surface area contributed by atoms with E-state index >= 15 is 0 Å². The monoisotopic (exact) mass is 222 g/mol. The largest absolute Gasteiger partial charge is 0.482 e. The molecule has 0 heterocycles. The Kier molecular flexibility index (Phi) is 4.64. The number of nitrogens with two attached hydrogens (primary N) is 1. The summed E-state index contributed by atoms with van der Waals surface area (Å²) in [4.78, 5) is 0. The van der Waals surface area contributed by atoms with Crippen LogP contribution in [0.3, 0.4) is 0 Å². The van der Waals surface area contributed by atoms with Crippen molar-refractivity contribution in [1.29, 1.82) is 0 Å². The first kappa shape index (κ1) is 12.4. The van der Waals surface area contributed by atoms with Gasteiger partial charge in [-0.1, -0.05) is 37.2 Å². The number of amidine groups is 1. The molecule has 1 aromatic rings. The number of para-hydroxylation sites is 1. The Morgan fingerprint density at radius 3 is 2.69 bits per heavy atom. The first-order valence-electron chi connectivity index (χ1n) is 5.44. The van der Waals surface area contributed by atoms with E-state index in [-0.39, 0.29) is 11.9 Å². The number of aryl methyl sites for hydroxylation is 1. The maximum atomic E-state index is 8.62. The maximum Gasteiger partial charge on any atom is 0.180 e. The van der Waals surface area contributed by atoms with Gasteiger partial charge in [0.15, 0.2) is 11.9 Å². The van der Waals surface area contributed by atoms with Crippen LogP contribution in [-0.4, -0.2) is 17.1 Å². The lowest BCUT2D eigenvalue weighted by Crippen LogP contribution is -2.33. The molecule has 0 aromatic heterocycles. The van der Waals surface area contributed by atoms with E-state index < -0.39 is 0 Å². The second-order valence-corrected chi connectivity index (χ2v) is 3.50. The van der Waals surface area contributed by atoms with E-state index in [9.17, 15) is 0 Å². The van der Waals surface area contributed by atoms with Crippen LogP contribution in [0.5, 0.6) is 5.75 Å². The van der Waals surface area contributed by atoms with Crippen LogP contribution in [0.1, 0.15) is 25.8 Å². The summed E-state index contributed by atoms with van der Waals surface area (Å²) in [6, 6.07) is 7.78. The number of rotatable bonds is 5. The van der Waals surface area contributed by atoms with Gasteiger partial charge < -0.3 is 15.7 Å². The molecule has 3 N–H and O–H groups in total. The lowest BCUT2D eigenvalue weighted by atomic mass is 10.1. The molecule has 0 radical (unpaired) electrons. The van der Waals surface area contributed by atoms with Gasteiger partial charge in [-0.3, -0.25) is 0 Å². The van der Waals surface area contributed by atoms with Crippen molar-refractivity contribution in [2.45, 2.75) is 32.8 Å². The van der Waals surface area contributed by atoms with Crippen LogP contribution in [0.4, 0.5) is 0 Å². The highest BCUT2D eigenvalue weighted by molar-refractivity contribution is 5.84. The lowest BCUT2D eigenvalue weighted by molar-refractivity contribution is 0.244. The minimum Gasteiger partial charge on any atom is -0.482 e. The van der Waals surface area contributed by atoms with Crippen molar-refractivity contribution in [2.24, 2.45) is 10.9 Å². The average molecular weight is 222 g/mol. The molecule has 0 aliphatic rings. The first-order valence-corrected chi connectivity index (χ1v) is 5.44. The summed E-state index contributed by atoms with van der Waals surface area (Å²) in [7, 11) is 0. The summed E-state index contributed by atoms with van der Waals surface area (Å²) in [5, 5.41) is 11.6. The molecule has 88 valence electrons. The highest BCUT2D eigenvalue weighted by Gasteiger charge is 2.14. The molecule has 1 atom stereocenters. The predicted octanol–water partition coefficient (Wildman–Crippen LogP) is 2.15. The highest BCUT2D eigenvalue weighted by Crippen LogP contribution is 2.20. The van der Waals surface area contributed by atoms with E-state index in [0.717, 1.165) is 17.7 Å². The number of nitrogens with zero attached hydrogens (tertiary/aromatic N) is 1. The molecule has 16 heavy (non-hydrogen) atoms. The molecule has 0 amide bonds. The van der Waals surface area contributed by atoms with E-state index in [1.165, 1.54) is 0 Å². The molecule has 0 saturated carbocycles. The van der Waals surface area contributed by atoms with Gasteiger partial charge in [-0.2, -0.15) is 0 Å². The second-order valence-electron chi connectivity index (χ2n) is 3.50. The zero-order valence-corrected chi connectivity index (χ0v) is 9.68. The molecular formula is C12H18N2O2. The minimum absolute atomic E-state index is 0.105. The Balaban J connectivity index is 2.85. The summed E-state index contributed by atoms with van der Waals surface area (Å²) in [6.45, 7) is 3.99. The number of benzene rings is 1. The molecule has 1 unspecified atom stereocenters. The van der Waals surface area contributed by atoms with Gasteiger partial charge in [-0.15, -0.1) is 0 Å². The molecule has 1 rings (SSSR count). The van der Waals surface area contributed by atoms with E-state index in [1.54, 1.807) is 0 Å². The summed E-state index contributed by atoms with van der Waals surface area (Å²) in [6.07, 6.45) is 1.18. The fraction of sp³-hybridized carbons (Fsp3) is 0.417. The van der Waals surface area contributed by atoms with Gasteiger partial charge in [0.1, 0.15) is 5.75 Å². The zero-order chi connectivity index (χ0) is 12.0. The molecule has 0 bridgehead atoms. The highest BCUT2D eigenvalue weighted by atomic mass is 16.5. The molecule has 1 aromatic carbocycles. The van der Waals surface area contributed by atoms with Crippen LogP contribution in [0, 0.1) is 0 Å². The molecule has 0 aliphatic heterocycles.